The SMILES string of the molecule is O=[N+]([O-])c1[nH]ncc1[C@H](O)C(F)(F)F. The predicted octanol–water partition coefficient (Wildman–Crippen LogP) is 0.914. The van der Waals surface area contributed by atoms with Gasteiger partial charge in [0.25, 0.3) is 0 Å². The van der Waals surface area contributed by atoms with Gasteiger partial charge < -0.3 is 15.2 Å². The van der Waals surface area contributed by atoms with Crippen molar-refractivity contribution in [3.63, 3.8) is 0 Å². The largest absolute Gasteiger partial charge is 0.418 e. The van der Waals surface area contributed by atoms with Crippen LogP contribution in [0, 0.1) is 10.1 Å². The van der Waals surface area contributed by atoms with Gasteiger partial charge in [-0.3, -0.25) is 0 Å². The summed E-state index contributed by atoms with van der Waals surface area (Å²) in [6.45, 7) is 0. The Morgan fingerprint density at radius 3 is 2.64 bits per heavy atom. The maximum Gasteiger partial charge on any atom is 0.418 e. The van der Waals surface area contributed by atoms with Gasteiger partial charge in [-0.2, -0.15) is 13.2 Å². The highest BCUT2D eigenvalue weighted by molar-refractivity contribution is 5.32. The fourth-order valence-corrected chi connectivity index (χ4v) is 0.811. The Morgan fingerprint density at radius 2 is 2.21 bits per heavy atom. The molecule has 0 unspecified atom stereocenters. The molecular weight excluding hydrogens is 207 g/mol. The van der Waals surface area contributed by atoms with Gasteiger partial charge in [-0.05, 0) is 4.92 Å². The lowest BCUT2D eigenvalue weighted by Crippen LogP contribution is -2.20. The Morgan fingerprint density at radius 1 is 1.64 bits per heavy atom. The molecule has 0 radical (unpaired) electrons. The van der Waals surface area contributed by atoms with Gasteiger partial charge in [0.2, 0.25) is 0 Å². The number of nitrogens with zero attached hydrogens (tertiary/aromatic N) is 2. The van der Waals surface area contributed by atoms with Crippen molar-refractivity contribution in [3.05, 3.63) is 21.9 Å². The van der Waals surface area contributed by atoms with Crippen LogP contribution < -0.4 is 0 Å². The Kier molecular flexibility index (Phi) is 2.43. The molecular formula is C5H4F3N3O3. The van der Waals surface area contributed by atoms with Crippen molar-refractivity contribution < 1.29 is 23.2 Å². The molecule has 0 saturated heterocycles. The predicted molar refractivity (Wildman–Crippen MR) is 36.3 cm³/mol. The van der Waals surface area contributed by atoms with E-state index in [1.807, 2.05) is 0 Å². The lowest BCUT2D eigenvalue weighted by atomic mass is 10.2. The summed E-state index contributed by atoms with van der Waals surface area (Å²) in [5.74, 6) is -0.963. The van der Waals surface area contributed by atoms with E-state index in [4.69, 9.17) is 5.11 Å². The second-order valence-corrected chi connectivity index (χ2v) is 2.38. The molecule has 14 heavy (non-hydrogen) atoms. The van der Waals surface area contributed by atoms with Crippen LogP contribution in [0.15, 0.2) is 6.20 Å². The molecule has 6 nitrogen and oxygen atoms in total. The highest BCUT2D eigenvalue weighted by Crippen LogP contribution is 2.35. The van der Waals surface area contributed by atoms with E-state index in [1.165, 1.54) is 0 Å². The molecule has 9 heteroatoms. The molecule has 0 fully saturated rings. The molecule has 0 aliphatic rings. The Labute approximate surface area is 74.5 Å². The average Bonchev–Trinajstić information content (AvgIpc) is 2.48. The van der Waals surface area contributed by atoms with Gasteiger partial charge in [-0.1, -0.05) is 5.10 Å². The van der Waals surface area contributed by atoms with Gasteiger partial charge >= 0.3 is 12.0 Å². The summed E-state index contributed by atoms with van der Waals surface area (Å²) >= 11 is 0. The highest BCUT2D eigenvalue weighted by Gasteiger charge is 2.43. The Bertz CT molecular complexity index is 347. The first kappa shape index (κ1) is 10.4. The number of alkyl halides is 3. The quantitative estimate of drug-likeness (QED) is 0.561. The molecule has 0 aliphatic heterocycles. The minimum atomic E-state index is -4.95. The van der Waals surface area contributed by atoms with Gasteiger partial charge in [0, 0.05) is 0 Å². The van der Waals surface area contributed by atoms with Crippen molar-refractivity contribution in [1.29, 1.82) is 0 Å². The van der Waals surface area contributed by atoms with E-state index in [-0.39, 0.29) is 0 Å². The zero-order valence-corrected chi connectivity index (χ0v) is 6.45. The number of aromatic nitrogens is 2. The fraction of sp³-hybridized carbons (Fsp3) is 0.400. The average molecular weight is 211 g/mol. The van der Waals surface area contributed by atoms with Crippen molar-refractivity contribution in [2.24, 2.45) is 0 Å². The molecule has 1 atom stereocenters. The number of aliphatic hydroxyl groups excluding tert-OH is 1. The van der Waals surface area contributed by atoms with Gasteiger partial charge in [0.1, 0.15) is 5.56 Å². The summed E-state index contributed by atoms with van der Waals surface area (Å²) in [5.41, 5.74) is -0.900. The summed E-state index contributed by atoms with van der Waals surface area (Å²) < 4.78 is 35.8. The van der Waals surface area contributed by atoms with Crippen molar-refractivity contribution >= 4 is 5.82 Å². The lowest BCUT2D eigenvalue weighted by Gasteiger charge is -2.11. The van der Waals surface area contributed by atoms with Crippen LogP contribution >= 0.6 is 0 Å². The third-order valence-corrected chi connectivity index (χ3v) is 1.43. The second-order valence-electron chi connectivity index (χ2n) is 2.38. The Hall–Kier alpha value is -1.64. The molecule has 0 spiro atoms. The van der Waals surface area contributed by atoms with E-state index < -0.39 is 28.6 Å². The summed E-state index contributed by atoms with van der Waals surface area (Å²) in [7, 11) is 0. The number of nitro groups is 1. The van der Waals surface area contributed by atoms with Gasteiger partial charge in [0.15, 0.2) is 6.10 Å². The summed E-state index contributed by atoms with van der Waals surface area (Å²) in [6, 6.07) is 0. The van der Waals surface area contributed by atoms with Crippen LogP contribution in [-0.2, 0) is 0 Å². The van der Waals surface area contributed by atoms with Crippen LogP contribution in [0.3, 0.4) is 0 Å². The third kappa shape index (κ3) is 1.82. The molecule has 0 aromatic carbocycles. The standard InChI is InChI=1S/C5H4F3N3O3/c6-5(7,8)3(12)2-1-9-10-4(2)11(13)14/h1,3,12H,(H,9,10)/t3-/m0/s1. The van der Waals surface area contributed by atoms with Crippen molar-refractivity contribution in [2.75, 3.05) is 0 Å². The topological polar surface area (TPSA) is 92.0 Å². The number of aliphatic hydroxyl groups is 1. The normalized spacial score (nSPS) is 14.0. The molecule has 1 rings (SSSR count). The minimum Gasteiger partial charge on any atom is -0.379 e. The molecule has 0 bridgehead atoms. The van der Waals surface area contributed by atoms with E-state index in [0.29, 0.717) is 6.20 Å². The Balaban J connectivity index is 3.07. The molecule has 0 saturated carbocycles. The summed E-state index contributed by atoms with van der Waals surface area (Å²) in [6.07, 6.45) is -7.29. The first-order valence-corrected chi connectivity index (χ1v) is 3.26. The van der Waals surface area contributed by atoms with E-state index >= 15 is 0 Å². The molecule has 78 valence electrons. The molecule has 1 aromatic heterocycles. The highest BCUT2D eigenvalue weighted by atomic mass is 19.4. The first-order chi connectivity index (χ1) is 6.34. The zero-order valence-electron chi connectivity index (χ0n) is 6.45. The maximum absolute atomic E-state index is 11.9. The molecule has 2 N–H and O–H groups in total. The van der Waals surface area contributed by atoms with E-state index in [9.17, 15) is 23.3 Å². The van der Waals surface area contributed by atoms with Crippen LogP contribution in [0.25, 0.3) is 0 Å². The lowest BCUT2D eigenvalue weighted by molar-refractivity contribution is -0.391. The zero-order chi connectivity index (χ0) is 10.9. The van der Waals surface area contributed by atoms with Crippen LogP contribution in [0.1, 0.15) is 11.7 Å². The molecule has 1 heterocycles. The van der Waals surface area contributed by atoms with Gasteiger partial charge in [0.05, 0.1) is 6.20 Å². The van der Waals surface area contributed by atoms with E-state index in [0.717, 1.165) is 0 Å². The number of halogens is 3. The van der Waals surface area contributed by atoms with Crippen molar-refractivity contribution in [2.45, 2.75) is 12.3 Å². The smallest absolute Gasteiger partial charge is 0.379 e. The second kappa shape index (κ2) is 3.25. The molecule has 1 aromatic rings. The number of rotatable bonds is 2. The van der Waals surface area contributed by atoms with Crippen molar-refractivity contribution in [3.8, 4) is 0 Å². The van der Waals surface area contributed by atoms with Crippen molar-refractivity contribution in [1.82, 2.24) is 10.2 Å². The molecule has 0 amide bonds. The summed E-state index contributed by atoms with van der Waals surface area (Å²) in [4.78, 5) is 9.08. The van der Waals surface area contributed by atoms with E-state index in [2.05, 4.69) is 5.10 Å². The van der Waals surface area contributed by atoms with Gasteiger partial charge in [-0.25, -0.2) is 0 Å². The summed E-state index contributed by atoms with van der Waals surface area (Å²) in [5, 5.41) is 23.7. The van der Waals surface area contributed by atoms with Gasteiger partial charge in [-0.15, -0.1) is 5.10 Å². The number of hydrogen-bond acceptors (Lipinski definition) is 4. The third-order valence-electron chi connectivity index (χ3n) is 1.43. The van der Waals surface area contributed by atoms with Crippen LogP contribution in [-0.4, -0.2) is 26.4 Å². The molecule has 0 aliphatic carbocycles. The van der Waals surface area contributed by atoms with Crippen LogP contribution in [0.2, 0.25) is 0 Å². The fourth-order valence-electron chi connectivity index (χ4n) is 0.811. The monoisotopic (exact) mass is 211 g/mol. The van der Waals surface area contributed by atoms with Crippen LogP contribution in [0.5, 0.6) is 0 Å². The maximum atomic E-state index is 11.9. The number of aromatic amines is 1. The number of nitrogens with one attached hydrogen (secondary N) is 1. The van der Waals surface area contributed by atoms with Crippen LogP contribution in [0.4, 0.5) is 19.0 Å². The first-order valence-electron chi connectivity index (χ1n) is 3.26. The minimum absolute atomic E-state index is 0.566. The van der Waals surface area contributed by atoms with E-state index in [1.54, 1.807) is 5.10 Å². The number of H-pyrrole nitrogens is 1. The number of hydrogen-bond donors (Lipinski definition) is 2.